The zero-order valence-corrected chi connectivity index (χ0v) is 20.3. The molecule has 0 atom stereocenters. The summed E-state index contributed by atoms with van der Waals surface area (Å²) in [6.45, 7) is 17.7. The lowest BCUT2D eigenvalue weighted by Crippen LogP contribution is -2.17. The van der Waals surface area contributed by atoms with Crippen LogP contribution in [0.25, 0.3) is 18.2 Å². The van der Waals surface area contributed by atoms with Crippen molar-refractivity contribution in [2.75, 3.05) is 6.54 Å². The van der Waals surface area contributed by atoms with Crippen molar-refractivity contribution >= 4 is 38.7 Å². The van der Waals surface area contributed by atoms with Crippen molar-refractivity contribution in [2.45, 2.75) is 47.1 Å². The van der Waals surface area contributed by atoms with Gasteiger partial charge in [-0.15, -0.1) is 0 Å². The maximum Gasteiger partial charge on any atom is 0.482 e. The van der Waals surface area contributed by atoms with Crippen molar-refractivity contribution in [1.82, 2.24) is 4.31 Å². The van der Waals surface area contributed by atoms with Crippen LogP contribution in [-0.2, 0) is 13.0 Å². The molecule has 0 bridgehead atoms. The molecule has 3 nitrogen and oxygen atoms in total. The highest BCUT2D eigenvalue weighted by molar-refractivity contribution is 7.77. The van der Waals surface area contributed by atoms with Crippen LogP contribution in [0.1, 0.15) is 61.9 Å². The quantitative estimate of drug-likeness (QED) is 0.258. The molecular formula is C26H37BNO2S. The van der Waals surface area contributed by atoms with Gasteiger partial charge in [-0.3, -0.25) is 0 Å². The first-order valence-electron chi connectivity index (χ1n) is 10.6. The number of nitrogens with zero attached hydrogens (tertiary/aromatic N) is 1. The van der Waals surface area contributed by atoms with Gasteiger partial charge in [0.15, 0.2) is 0 Å². The highest BCUT2D eigenvalue weighted by atomic mass is 32.1. The van der Waals surface area contributed by atoms with Crippen LogP contribution in [0.4, 0.5) is 0 Å². The normalized spacial score (nSPS) is 12.4. The van der Waals surface area contributed by atoms with Crippen molar-refractivity contribution in [3.63, 3.8) is 0 Å². The van der Waals surface area contributed by atoms with Crippen molar-refractivity contribution in [3.8, 4) is 0 Å². The minimum Gasteiger partial charge on any atom is -0.429 e. The Hall–Kier alpha value is -2.05. The summed E-state index contributed by atoms with van der Waals surface area (Å²) in [5, 5.41) is 14.0. The average Bonchev–Trinajstić information content (AvgIpc) is 2.77. The van der Waals surface area contributed by atoms with Gasteiger partial charge >= 0.3 is 7.69 Å². The van der Waals surface area contributed by atoms with E-state index in [0.717, 1.165) is 25.0 Å². The summed E-state index contributed by atoms with van der Waals surface area (Å²) in [5.41, 5.74) is 7.52. The number of fused-ring (bicyclic) bond motifs is 1. The summed E-state index contributed by atoms with van der Waals surface area (Å²) in [6, 6.07) is 2.28. The second kappa shape index (κ2) is 17.6. The molecule has 167 valence electrons. The van der Waals surface area contributed by atoms with E-state index in [0.29, 0.717) is 6.54 Å². The molecule has 1 aromatic rings. The molecule has 0 spiro atoms. The van der Waals surface area contributed by atoms with E-state index in [4.69, 9.17) is 22.9 Å². The molecule has 0 amide bonds. The minimum absolute atomic E-state index is 0. The highest BCUT2D eigenvalue weighted by Gasteiger charge is 2.17. The van der Waals surface area contributed by atoms with Gasteiger partial charge in [0.25, 0.3) is 0 Å². The standard InChI is InChI=1S/C24H29NS.C2H6.BH2O2/c1-5-8-9-13-19(4)17-25(26)18-24-22(12-6-2)20(7-3)16-21-14-10-11-15-23(21)24;1-2;2-1-3/h5-9,11-13,15-16,26H,3-4,10,14,17-18H2,1-2H3;1-2H3;2-3H/b8-5-,12-6-,13-9-;;. The molecule has 0 fully saturated rings. The monoisotopic (exact) mass is 438 g/mol. The molecule has 2 N–H and O–H groups in total. The minimum atomic E-state index is 0. The molecule has 0 aliphatic heterocycles. The number of hydrogen-bond acceptors (Lipinski definition) is 4. The number of rotatable bonds is 8. The lowest BCUT2D eigenvalue weighted by molar-refractivity contribution is 0.448. The van der Waals surface area contributed by atoms with Gasteiger partial charge in [-0.1, -0.05) is 101 Å². The third-order valence-corrected chi connectivity index (χ3v) is 4.70. The Labute approximate surface area is 195 Å². The zero-order valence-electron chi connectivity index (χ0n) is 19.4. The van der Waals surface area contributed by atoms with Crippen molar-refractivity contribution < 1.29 is 10.0 Å². The van der Waals surface area contributed by atoms with Crippen LogP contribution < -0.4 is 0 Å². The van der Waals surface area contributed by atoms with Crippen LogP contribution in [0, 0.1) is 0 Å². The molecule has 2 rings (SSSR count). The first-order valence-corrected chi connectivity index (χ1v) is 11.0. The molecule has 0 saturated heterocycles. The first kappa shape index (κ1) is 29.0. The first-order chi connectivity index (χ1) is 15.0. The van der Waals surface area contributed by atoms with Crippen LogP contribution in [0.3, 0.4) is 0 Å². The summed E-state index contributed by atoms with van der Waals surface area (Å²) in [7, 11) is 0. The average molecular weight is 438 g/mol. The molecule has 0 saturated carbocycles. The Bertz CT molecular complexity index is 810. The molecule has 1 aliphatic carbocycles. The largest absolute Gasteiger partial charge is 0.482 e. The summed E-state index contributed by atoms with van der Waals surface area (Å²) in [5.74, 6) is 0. The Morgan fingerprint density at radius 2 is 1.90 bits per heavy atom. The second-order valence-corrected chi connectivity index (χ2v) is 7.12. The van der Waals surface area contributed by atoms with Crippen LogP contribution in [0.15, 0.2) is 61.3 Å². The van der Waals surface area contributed by atoms with E-state index >= 15 is 0 Å². The Kier molecular flexibility index (Phi) is 16.5. The Morgan fingerprint density at radius 3 is 2.48 bits per heavy atom. The van der Waals surface area contributed by atoms with Crippen LogP contribution in [0.5, 0.6) is 0 Å². The smallest absolute Gasteiger partial charge is 0.429 e. The molecular weight excluding hydrogens is 401 g/mol. The van der Waals surface area contributed by atoms with Crippen molar-refractivity contribution in [1.29, 1.82) is 0 Å². The Morgan fingerprint density at radius 1 is 1.23 bits per heavy atom. The topological polar surface area (TPSA) is 43.7 Å². The van der Waals surface area contributed by atoms with E-state index in [2.05, 4.69) is 50.5 Å². The number of thiol groups is 1. The molecule has 1 radical (unpaired) electrons. The molecule has 0 unspecified atom stereocenters. The number of hydrogen-bond donors (Lipinski definition) is 3. The second-order valence-electron chi connectivity index (χ2n) is 6.56. The van der Waals surface area contributed by atoms with Gasteiger partial charge in [0, 0.05) is 13.1 Å². The van der Waals surface area contributed by atoms with E-state index in [9.17, 15) is 0 Å². The lowest BCUT2D eigenvalue weighted by atomic mass is 9.86. The van der Waals surface area contributed by atoms with Crippen LogP contribution in [-0.4, -0.2) is 28.6 Å². The summed E-state index contributed by atoms with van der Waals surface area (Å²) in [6.07, 6.45) is 21.0. The summed E-state index contributed by atoms with van der Waals surface area (Å²) in [4.78, 5) is 0. The van der Waals surface area contributed by atoms with Gasteiger partial charge in [0.05, 0.1) is 0 Å². The number of benzene rings is 1. The van der Waals surface area contributed by atoms with Gasteiger partial charge in [0.1, 0.15) is 0 Å². The molecule has 1 aromatic carbocycles. The van der Waals surface area contributed by atoms with E-state index in [1.807, 2.05) is 55.5 Å². The van der Waals surface area contributed by atoms with Crippen molar-refractivity contribution in [3.05, 3.63) is 89.1 Å². The molecule has 0 heterocycles. The zero-order chi connectivity index (χ0) is 23.6. The predicted molar refractivity (Wildman–Crippen MR) is 143 cm³/mol. The van der Waals surface area contributed by atoms with Crippen LogP contribution in [0.2, 0.25) is 0 Å². The van der Waals surface area contributed by atoms with Gasteiger partial charge < -0.3 is 10.0 Å². The SMILES string of the molecule is C=Cc1cc2c(c(CN(S)CC(=C)/C=C\C=C/C)c1/C=C\C)C=CCC2.CC.O[B]O. The third kappa shape index (κ3) is 10.2. The fourth-order valence-electron chi connectivity index (χ4n) is 3.24. The van der Waals surface area contributed by atoms with Gasteiger partial charge in [0.2, 0.25) is 0 Å². The number of aryl methyl sites for hydroxylation is 1. The van der Waals surface area contributed by atoms with E-state index in [1.165, 1.54) is 27.8 Å². The fraction of sp³-hybridized carbons (Fsp3) is 0.308. The lowest BCUT2D eigenvalue weighted by Gasteiger charge is -2.24. The van der Waals surface area contributed by atoms with Crippen LogP contribution >= 0.6 is 12.8 Å². The molecule has 5 heteroatoms. The van der Waals surface area contributed by atoms with Gasteiger partial charge in [-0.25, -0.2) is 4.31 Å². The van der Waals surface area contributed by atoms with E-state index in [-0.39, 0.29) is 7.69 Å². The van der Waals surface area contributed by atoms with Gasteiger partial charge in [-0.2, -0.15) is 0 Å². The third-order valence-electron chi connectivity index (χ3n) is 4.42. The van der Waals surface area contributed by atoms with Crippen molar-refractivity contribution in [2.24, 2.45) is 0 Å². The Balaban J connectivity index is 0.00000165. The molecule has 1 aliphatic rings. The van der Waals surface area contributed by atoms with E-state index in [1.54, 1.807) is 0 Å². The molecule has 31 heavy (non-hydrogen) atoms. The van der Waals surface area contributed by atoms with Gasteiger partial charge in [-0.05, 0) is 60.1 Å². The molecule has 0 aromatic heterocycles. The summed E-state index contributed by atoms with van der Waals surface area (Å²) >= 11 is 4.72. The van der Waals surface area contributed by atoms with E-state index < -0.39 is 0 Å². The number of allylic oxidation sites excluding steroid dienone is 5. The maximum atomic E-state index is 7.00. The highest BCUT2D eigenvalue weighted by Crippen LogP contribution is 2.32. The predicted octanol–water partition coefficient (Wildman–Crippen LogP) is 6.19. The maximum absolute atomic E-state index is 7.00. The summed E-state index contributed by atoms with van der Waals surface area (Å²) < 4.78 is 2.03. The fourth-order valence-corrected chi connectivity index (χ4v) is 3.56.